The van der Waals surface area contributed by atoms with E-state index in [1.54, 1.807) is 18.0 Å². The minimum Gasteiger partial charge on any atom is -0.334 e. The fourth-order valence-corrected chi connectivity index (χ4v) is 4.06. The zero-order valence-corrected chi connectivity index (χ0v) is 15.8. The largest absolute Gasteiger partial charge is 0.334 e. The molecule has 3 aromatic rings. The second kappa shape index (κ2) is 6.98. The van der Waals surface area contributed by atoms with Gasteiger partial charge in [0.15, 0.2) is 0 Å². The molecule has 0 aliphatic heterocycles. The van der Waals surface area contributed by atoms with Crippen molar-refractivity contribution in [2.45, 2.75) is 20.4 Å². The van der Waals surface area contributed by atoms with E-state index in [2.05, 4.69) is 4.98 Å². The number of aromatic nitrogens is 2. The number of benzene rings is 1. The molecule has 7 heteroatoms. The molecular weight excluding hydrogens is 358 g/mol. The van der Waals surface area contributed by atoms with Crippen LogP contribution in [0.25, 0.3) is 10.2 Å². The Hall–Kier alpha value is -2.18. The molecule has 2 aromatic heterocycles. The van der Waals surface area contributed by atoms with Crippen LogP contribution in [-0.4, -0.2) is 26.9 Å². The average Bonchev–Trinajstić information content (AvgIpc) is 2.93. The number of hydrogen-bond acceptors (Lipinski definition) is 4. The van der Waals surface area contributed by atoms with Crippen molar-refractivity contribution in [2.75, 3.05) is 6.54 Å². The Kier molecular flexibility index (Phi) is 4.92. The highest BCUT2D eigenvalue weighted by molar-refractivity contribution is 7.20. The topological polar surface area (TPSA) is 55.2 Å². The van der Waals surface area contributed by atoms with Gasteiger partial charge in [0.2, 0.25) is 0 Å². The van der Waals surface area contributed by atoms with Crippen LogP contribution in [0.5, 0.6) is 0 Å². The molecule has 3 rings (SSSR count). The van der Waals surface area contributed by atoms with E-state index in [0.717, 1.165) is 5.56 Å². The van der Waals surface area contributed by atoms with Crippen LogP contribution in [0.4, 0.5) is 0 Å². The summed E-state index contributed by atoms with van der Waals surface area (Å²) >= 11 is 7.30. The first-order valence-corrected chi connectivity index (χ1v) is 9.10. The Morgan fingerprint density at radius 2 is 2.16 bits per heavy atom. The van der Waals surface area contributed by atoms with Gasteiger partial charge in [-0.25, -0.2) is 4.98 Å². The highest BCUT2D eigenvalue weighted by Crippen LogP contribution is 2.28. The van der Waals surface area contributed by atoms with E-state index in [1.807, 2.05) is 32.0 Å². The smallest absolute Gasteiger partial charge is 0.264 e. The summed E-state index contributed by atoms with van der Waals surface area (Å²) in [5, 5.41) is 1.17. The number of rotatable bonds is 4. The molecule has 0 bridgehead atoms. The van der Waals surface area contributed by atoms with Gasteiger partial charge in [0.25, 0.3) is 11.5 Å². The summed E-state index contributed by atoms with van der Waals surface area (Å²) in [6.07, 6.45) is 1.48. The number of hydrogen-bond donors (Lipinski definition) is 0. The van der Waals surface area contributed by atoms with Crippen LogP contribution in [0.15, 0.2) is 35.4 Å². The van der Waals surface area contributed by atoms with Crippen LogP contribution in [-0.2, 0) is 13.6 Å². The second-order valence-corrected chi connectivity index (χ2v) is 7.28. The van der Waals surface area contributed by atoms with Gasteiger partial charge in [-0.05, 0) is 37.1 Å². The van der Waals surface area contributed by atoms with Crippen molar-refractivity contribution < 1.29 is 4.79 Å². The van der Waals surface area contributed by atoms with Crippen molar-refractivity contribution in [1.82, 2.24) is 14.5 Å². The lowest BCUT2D eigenvalue weighted by molar-refractivity contribution is 0.0757. The maximum absolute atomic E-state index is 13.0. The number of halogens is 1. The number of aryl methyl sites for hydroxylation is 2. The number of nitrogens with zero attached hydrogens (tertiary/aromatic N) is 3. The van der Waals surface area contributed by atoms with E-state index in [0.29, 0.717) is 38.8 Å². The van der Waals surface area contributed by atoms with Gasteiger partial charge in [-0.3, -0.25) is 9.59 Å². The van der Waals surface area contributed by atoms with E-state index in [-0.39, 0.29) is 11.5 Å². The minimum atomic E-state index is -0.129. The molecule has 0 N–H and O–H groups in total. The number of thiophene rings is 1. The molecule has 0 spiro atoms. The molecule has 1 amide bonds. The van der Waals surface area contributed by atoms with Crippen LogP contribution in [0, 0.1) is 6.92 Å². The molecule has 1 aromatic carbocycles. The fourth-order valence-electron chi connectivity index (χ4n) is 2.74. The lowest BCUT2D eigenvalue weighted by atomic mass is 10.1. The molecule has 0 radical (unpaired) electrons. The molecule has 5 nitrogen and oxygen atoms in total. The standard InChI is InChI=1S/C18H18ClN3O2S/c1-4-22(9-12-6-5-7-13(19)8-12)18(24)15-11(2)14-16(25-15)20-10-21(3)17(14)23/h5-8,10H,4,9H2,1-3H3. The predicted molar refractivity (Wildman–Crippen MR) is 101 cm³/mol. The van der Waals surface area contributed by atoms with Crippen molar-refractivity contribution in [1.29, 1.82) is 0 Å². The summed E-state index contributed by atoms with van der Waals surface area (Å²) in [7, 11) is 1.66. The molecular formula is C18H18ClN3O2S. The Morgan fingerprint density at radius 1 is 1.40 bits per heavy atom. The highest BCUT2D eigenvalue weighted by atomic mass is 35.5. The molecule has 0 saturated carbocycles. The van der Waals surface area contributed by atoms with Gasteiger partial charge in [-0.15, -0.1) is 11.3 Å². The molecule has 0 aliphatic carbocycles. The summed E-state index contributed by atoms with van der Waals surface area (Å²) in [6, 6.07) is 7.47. The molecule has 130 valence electrons. The molecule has 25 heavy (non-hydrogen) atoms. The minimum absolute atomic E-state index is 0.0926. The average molecular weight is 376 g/mol. The van der Waals surface area contributed by atoms with E-state index in [9.17, 15) is 9.59 Å². The molecule has 0 fully saturated rings. The zero-order chi connectivity index (χ0) is 18.1. The lowest BCUT2D eigenvalue weighted by Gasteiger charge is -2.20. The van der Waals surface area contributed by atoms with Gasteiger partial charge in [0, 0.05) is 25.2 Å². The summed E-state index contributed by atoms with van der Waals surface area (Å²) in [5.41, 5.74) is 1.54. The van der Waals surface area contributed by atoms with Gasteiger partial charge >= 0.3 is 0 Å². The first-order valence-electron chi connectivity index (χ1n) is 7.90. The van der Waals surface area contributed by atoms with Crippen molar-refractivity contribution >= 4 is 39.1 Å². The van der Waals surface area contributed by atoms with Gasteiger partial charge in [0.1, 0.15) is 4.83 Å². The van der Waals surface area contributed by atoms with E-state index >= 15 is 0 Å². The van der Waals surface area contributed by atoms with Crippen molar-refractivity contribution in [3.8, 4) is 0 Å². The van der Waals surface area contributed by atoms with Crippen LogP contribution >= 0.6 is 22.9 Å². The van der Waals surface area contributed by atoms with Crippen LogP contribution in [0.3, 0.4) is 0 Å². The van der Waals surface area contributed by atoms with Crippen molar-refractivity contribution in [3.63, 3.8) is 0 Å². The Labute approximate surface area is 154 Å². The third-order valence-corrected chi connectivity index (χ3v) is 5.56. The number of fused-ring (bicyclic) bond motifs is 1. The number of amides is 1. The van der Waals surface area contributed by atoms with E-state index < -0.39 is 0 Å². The third kappa shape index (κ3) is 3.32. The maximum atomic E-state index is 13.0. The molecule has 0 atom stereocenters. The Balaban J connectivity index is 1.98. The lowest BCUT2D eigenvalue weighted by Crippen LogP contribution is -2.30. The van der Waals surface area contributed by atoms with E-state index in [1.165, 1.54) is 22.2 Å². The van der Waals surface area contributed by atoms with Gasteiger partial charge in [-0.1, -0.05) is 23.7 Å². The van der Waals surface area contributed by atoms with Gasteiger partial charge in [0.05, 0.1) is 16.6 Å². The van der Waals surface area contributed by atoms with E-state index in [4.69, 9.17) is 11.6 Å². The monoisotopic (exact) mass is 375 g/mol. The Bertz CT molecular complexity index is 1010. The number of carbonyl (C=O) groups excluding carboxylic acids is 1. The zero-order valence-electron chi connectivity index (χ0n) is 14.2. The summed E-state index contributed by atoms with van der Waals surface area (Å²) in [5.74, 6) is -0.0926. The quantitative estimate of drug-likeness (QED) is 0.699. The Morgan fingerprint density at radius 3 is 2.84 bits per heavy atom. The van der Waals surface area contributed by atoms with Crippen LogP contribution < -0.4 is 5.56 Å². The first kappa shape index (κ1) is 17.6. The first-order chi connectivity index (χ1) is 11.9. The summed E-state index contributed by atoms with van der Waals surface area (Å²) in [6.45, 7) is 4.77. The molecule has 0 saturated heterocycles. The fraction of sp³-hybridized carbons (Fsp3) is 0.278. The summed E-state index contributed by atoms with van der Waals surface area (Å²) < 4.78 is 1.43. The van der Waals surface area contributed by atoms with Gasteiger partial charge in [-0.2, -0.15) is 0 Å². The van der Waals surface area contributed by atoms with Gasteiger partial charge < -0.3 is 9.47 Å². The normalized spacial score (nSPS) is 11.0. The van der Waals surface area contributed by atoms with Crippen molar-refractivity contribution in [3.05, 3.63) is 62.0 Å². The SMILES string of the molecule is CCN(Cc1cccc(Cl)c1)C(=O)c1sc2ncn(C)c(=O)c2c1C. The molecule has 0 unspecified atom stereocenters. The van der Waals surface area contributed by atoms with Crippen LogP contribution in [0.2, 0.25) is 5.02 Å². The molecule has 0 aliphatic rings. The van der Waals surface area contributed by atoms with Crippen LogP contribution in [0.1, 0.15) is 27.7 Å². The third-order valence-electron chi connectivity index (χ3n) is 4.14. The maximum Gasteiger partial charge on any atom is 0.264 e. The predicted octanol–water partition coefficient (Wildman–Crippen LogP) is 3.62. The highest BCUT2D eigenvalue weighted by Gasteiger charge is 2.23. The molecule has 2 heterocycles. The summed E-state index contributed by atoms with van der Waals surface area (Å²) in [4.78, 5) is 32.5. The second-order valence-electron chi connectivity index (χ2n) is 5.85. The number of carbonyl (C=O) groups is 1. The van der Waals surface area contributed by atoms with Crippen molar-refractivity contribution in [2.24, 2.45) is 7.05 Å².